The van der Waals surface area contributed by atoms with E-state index in [0.29, 0.717) is 0 Å². The van der Waals surface area contributed by atoms with Gasteiger partial charge in [0.25, 0.3) is 0 Å². The van der Waals surface area contributed by atoms with Gasteiger partial charge in [0.05, 0.1) is 11.6 Å². The van der Waals surface area contributed by atoms with Gasteiger partial charge in [0.15, 0.2) is 0 Å². The molecule has 1 unspecified atom stereocenters. The van der Waals surface area contributed by atoms with E-state index in [2.05, 4.69) is 46.4 Å². The Morgan fingerprint density at radius 3 is 2.42 bits per heavy atom. The van der Waals surface area contributed by atoms with Crippen LogP contribution in [-0.2, 0) is 0 Å². The highest BCUT2D eigenvalue weighted by Gasteiger charge is 2.06. The largest absolute Gasteiger partial charge is 0.379 e. The molecule has 2 rings (SSSR count). The fraction of sp³-hybridized carbons (Fsp3) is 0.188. The number of nitrogens with zero attached hydrogens (tertiary/aromatic N) is 1. The summed E-state index contributed by atoms with van der Waals surface area (Å²) >= 11 is 3.44. The maximum absolute atomic E-state index is 8.92. The highest BCUT2D eigenvalue weighted by Crippen LogP contribution is 2.22. The molecule has 0 heterocycles. The second-order valence-corrected chi connectivity index (χ2v) is 5.47. The zero-order valence-corrected chi connectivity index (χ0v) is 12.5. The maximum atomic E-state index is 8.92. The summed E-state index contributed by atoms with van der Waals surface area (Å²) in [5, 5.41) is 12.4. The zero-order chi connectivity index (χ0) is 13.8. The molecular weight excluding hydrogens is 300 g/mol. The number of aryl methyl sites for hydroxylation is 1. The molecule has 0 spiro atoms. The van der Waals surface area contributed by atoms with Gasteiger partial charge >= 0.3 is 0 Å². The number of rotatable bonds is 3. The van der Waals surface area contributed by atoms with E-state index in [1.54, 1.807) is 0 Å². The first-order valence-electron chi connectivity index (χ1n) is 6.13. The summed E-state index contributed by atoms with van der Waals surface area (Å²) in [6.45, 7) is 4.07. The topological polar surface area (TPSA) is 35.8 Å². The van der Waals surface area contributed by atoms with Gasteiger partial charge in [-0.25, -0.2) is 0 Å². The number of benzene rings is 2. The average molecular weight is 315 g/mol. The van der Waals surface area contributed by atoms with Gasteiger partial charge in [-0.3, -0.25) is 0 Å². The van der Waals surface area contributed by atoms with Crippen molar-refractivity contribution in [1.29, 1.82) is 5.26 Å². The van der Waals surface area contributed by atoms with Gasteiger partial charge in [0.2, 0.25) is 0 Å². The molecule has 0 bridgehead atoms. The first-order chi connectivity index (χ1) is 9.10. The molecule has 3 heteroatoms. The number of hydrogen-bond donors (Lipinski definition) is 1. The monoisotopic (exact) mass is 314 g/mol. The number of halogens is 1. The summed E-state index contributed by atoms with van der Waals surface area (Å²) < 4.78 is 1.08. The van der Waals surface area contributed by atoms with Gasteiger partial charge in [0.1, 0.15) is 0 Å². The smallest absolute Gasteiger partial charge is 0.0994 e. The Morgan fingerprint density at radius 2 is 1.84 bits per heavy atom. The lowest BCUT2D eigenvalue weighted by molar-refractivity contribution is 0.884. The molecule has 0 amide bonds. The molecular formula is C16H15BrN2. The Hall–Kier alpha value is -1.79. The Balaban J connectivity index is 2.15. The van der Waals surface area contributed by atoms with Crippen molar-refractivity contribution in [3.8, 4) is 6.07 Å². The first-order valence-corrected chi connectivity index (χ1v) is 6.92. The molecule has 0 aromatic heterocycles. The van der Waals surface area contributed by atoms with Crippen molar-refractivity contribution < 1.29 is 0 Å². The van der Waals surface area contributed by atoms with E-state index in [9.17, 15) is 0 Å². The van der Waals surface area contributed by atoms with Crippen LogP contribution in [0.15, 0.2) is 46.9 Å². The van der Waals surface area contributed by atoms with Crippen LogP contribution >= 0.6 is 15.9 Å². The van der Waals surface area contributed by atoms with Gasteiger partial charge in [-0.1, -0.05) is 28.1 Å². The van der Waals surface area contributed by atoms with Crippen LogP contribution in [0.3, 0.4) is 0 Å². The molecule has 0 aliphatic carbocycles. The van der Waals surface area contributed by atoms with Crippen molar-refractivity contribution in [3.05, 3.63) is 63.6 Å². The summed E-state index contributed by atoms with van der Waals surface area (Å²) in [5.74, 6) is 0. The SMILES string of the molecule is Cc1cc(NC(C)c2ccc(Br)cc2)ccc1C#N. The van der Waals surface area contributed by atoms with Gasteiger partial charge < -0.3 is 5.32 Å². The Labute approximate surface area is 122 Å². The molecule has 19 heavy (non-hydrogen) atoms. The van der Waals surface area contributed by atoms with E-state index in [1.807, 2.05) is 37.3 Å². The highest BCUT2D eigenvalue weighted by molar-refractivity contribution is 9.10. The lowest BCUT2D eigenvalue weighted by Gasteiger charge is -2.16. The quantitative estimate of drug-likeness (QED) is 0.883. The van der Waals surface area contributed by atoms with Crippen LogP contribution in [0.5, 0.6) is 0 Å². The van der Waals surface area contributed by atoms with Crippen LogP contribution in [0.4, 0.5) is 5.69 Å². The predicted molar refractivity (Wildman–Crippen MR) is 82.1 cm³/mol. The van der Waals surface area contributed by atoms with Crippen LogP contribution in [0.2, 0.25) is 0 Å². The number of anilines is 1. The average Bonchev–Trinajstić information content (AvgIpc) is 2.39. The Morgan fingerprint density at radius 1 is 1.16 bits per heavy atom. The number of hydrogen-bond acceptors (Lipinski definition) is 2. The van der Waals surface area contributed by atoms with Crippen LogP contribution in [0, 0.1) is 18.3 Å². The summed E-state index contributed by atoms with van der Waals surface area (Å²) in [5.41, 5.74) is 3.98. The van der Waals surface area contributed by atoms with Crippen molar-refractivity contribution in [2.24, 2.45) is 0 Å². The minimum Gasteiger partial charge on any atom is -0.379 e. The van der Waals surface area contributed by atoms with Crippen molar-refractivity contribution in [1.82, 2.24) is 0 Å². The summed E-state index contributed by atoms with van der Waals surface area (Å²) in [4.78, 5) is 0. The molecule has 0 fully saturated rings. The van der Waals surface area contributed by atoms with Gasteiger partial charge in [-0.2, -0.15) is 5.26 Å². The second kappa shape index (κ2) is 5.90. The third kappa shape index (κ3) is 3.36. The van der Waals surface area contributed by atoms with Crippen molar-refractivity contribution in [2.45, 2.75) is 19.9 Å². The van der Waals surface area contributed by atoms with Crippen LogP contribution < -0.4 is 5.32 Å². The Bertz CT molecular complexity index is 612. The third-order valence-electron chi connectivity index (χ3n) is 3.10. The Kier molecular flexibility index (Phi) is 4.24. The minimum atomic E-state index is 0.223. The molecule has 0 radical (unpaired) electrons. The molecule has 1 atom stereocenters. The van der Waals surface area contributed by atoms with E-state index in [0.717, 1.165) is 21.3 Å². The second-order valence-electron chi connectivity index (χ2n) is 4.56. The standard InChI is InChI=1S/C16H15BrN2/c1-11-9-16(8-5-14(11)10-18)19-12(2)13-3-6-15(17)7-4-13/h3-9,12,19H,1-2H3. The van der Waals surface area contributed by atoms with E-state index in [-0.39, 0.29) is 6.04 Å². The van der Waals surface area contributed by atoms with E-state index in [1.165, 1.54) is 5.56 Å². The molecule has 1 N–H and O–H groups in total. The highest BCUT2D eigenvalue weighted by atomic mass is 79.9. The van der Waals surface area contributed by atoms with Crippen molar-refractivity contribution >= 4 is 21.6 Å². The van der Waals surface area contributed by atoms with E-state index >= 15 is 0 Å². The fourth-order valence-corrected chi connectivity index (χ4v) is 2.23. The van der Waals surface area contributed by atoms with Crippen LogP contribution in [0.25, 0.3) is 0 Å². The van der Waals surface area contributed by atoms with E-state index < -0.39 is 0 Å². The number of nitriles is 1. The molecule has 2 aromatic carbocycles. The van der Waals surface area contributed by atoms with Crippen LogP contribution in [-0.4, -0.2) is 0 Å². The molecule has 96 valence electrons. The normalized spacial score (nSPS) is 11.7. The summed E-state index contributed by atoms with van der Waals surface area (Å²) in [6.07, 6.45) is 0. The number of nitrogens with one attached hydrogen (secondary N) is 1. The zero-order valence-electron chi connectivity index (χ0n) is 10.9. The molecule has 2 nitrogen and oxygen atoms in total. The van der Waals surface area contributed by atoms with Gasteiger partial charge in [-0.15, -0.1) is 0 Å². The predicted octanol–water partition coefficient (Wildman–Crippen LogP) is 4.80. The van der Waals surface area contributed by atoms with Crippen molar-refractivity contribution in [2.75, 3.05) is 5.32 Å². The lowest BCUT2D eigenvalue weighted by atomic mass is 10.1. The molecule has 2 aromatic rings. The molecule has 0 aliphatic rings. The van der Waals surface area contributed by atoms with Crippen molar-refractivity contribution in [3.63, 3.8) is 0 Å². The maximum Gasteiger partial charge on any atom is 0.0994 e. The first kappa shape index (κ1) is 13.6. The molecule has 0 saturated heterocycles. The van der Waals surface area contributed by atoms with Gasteiger partial charge in [0, 0.05) is 16.2 Å². The van der Waals surface area contributed by atoms with E-state index in [4.69, 9.17) is 5.26 Å². The third-order valence-corrected chi connectivity index (χ3v) is 3.63. The molecule has 0 aliphatic heterocycles. The summed E-state index contributed by atoms with van der Waals surface area (Å²) in [6, 6.07) is 16.5. The minimum absolute atomic E-state index is 0.223. The van der Waals surface area contributed by atoms with Gasteiger partial charge in [-0.05, 0) is 55.3 Å². The molecule has 0 saturated carbocycles. The van der Waals surface area contributed by atoms with Crippen LogP contribution in [0.1, 0.15) is 29.7 Å². The summed E-state index contributed by atoms with van der Waals surface area (Å²) in [7, 11) is 0. The fourth-order valence-electron chi connectivity index (χ4n) is 1.96. The lowest BCUT2D eigenvalue weighted by Crippen LogP contribution is -2.06.